The number of rotatable bonds is 2. The number of benzene rings is 2. The minimum atomic E-state index is -3.65. The summed E-state index contributed by atoms with van der Waals surface area (Å²) in [5, 5.41) is 0. The topological polar surface area (TPSA) is 86.2 Å². The molecule has 0 radical (unpaired) electrons. The average Bonchev–Trinajstić information content (AvgIpc) is 2.45. The summed E-state index contributed by atoms with van der Waals surface area (Å²) in [4.78, 5) is 0.493. The second-order valence-electron chi connectivity index (χ2n) is 8.50. The van der Waals surface area contributed by atoms with Gasteiger partial charge in [0.1, 0.15) is 0 Å². The van der Waals surface area contributed by atoms with E-state index in [9.17, 15) is 8.42 Å². The lowest BCUT2D eigenvalue weighted by Gasteiger charge is -2.23. The molecular formula is C20H28N2O2S. The molecule has 4 nitrogen and oxygen atoms in total. The van der Waals surface area contributed by atoms with Gasteiger partial charge in [0.15, 0.2) is 0 Å². The van der Waals surface area contributed by atoms with Crippen LogP contribution in [0.25, 0.3) is 0 Å². The van der Waals surface area contributed by atoms with Crippen molar-refractivity contribution in [3.8, 4) is 0 Å². The molecule has 2 aromatic rings. The highest BCUT2D eigenvalue weighted by Gasteiger charge is 2.25. The van der Waals surface area contributed by atoms with Crippen molar-refractivity contribution in [1.82, 2.24) is 0 Å². The Bertz CT molecular complexity index is 833. The van der Waals surface area contributed by atoms with Crippen LogP contribution in [0.5, 0.6) is 0 Å². The maximum absolute atomic E-state index is 13.1. The molecule has 0 aliphatic rings. The van der Waals surface area contributed by atoms with E-state index in [4.69, 9.17) is 11.5 Å². The fourth-order valence-electron chi connectivity index (χ4n) is 2.84. The van der Waals surface area contributed by atoms with Gasteiger partial charge in [0.25, 0.3) is 0 Å². The van der Waals surface area contributed by atoms with Crippen LogP contribution in [0.4, 0.5) is 11.4 Å². The maximum Gasteiger partial charge on any atom is 0.206 e. The van der Waals surface area contributed by atoms with Gasteiger partial charge in [-0.3, -0.25) is 0 Å². The molecule has 0 spiro atoms. The minimum absolute atomic E-state index is 0.243. The second kappa shape index (κ2) is 6.06. The highest BCUT2D eigenvalue weighted by atomic mass is 32.2. The summed E-state index contributed by atoms with van der Waals surface area (Å²) < 4.78 is 26.3. The smallest absolute Gasteiger partial charge is 0.206 e. The van der Waals surface area contributed by atoms with Crippen molar-refractivity contribution in [2.75, 3.05) is 11.5 Å². The zero-order chi connectivity index (χ0) is 19.2. The predicted molar refractivity (Wildman–Crippen MR) is 105 cm³/mol. The molecule has 25 heavy (non-hydrogen) atoms. The molecule has 0 saturated carbocycles. The summed E-state index contributed by atoms with van der Waals surface area (Å²) in [6.45, 7) is 12.1. The van der Waals surface area contributed by atoms with Crippen LogP contribution in [0.2, 0.25) is 0 Å². The van der Waals surface area contributed by atoms with Gasteiger partial charge in [0.05, 0.1) is 9.79 Å². The molecule has 0 aliphatic heterocycles. The number of hydrogen-bond acceptors (Lipinski definition) is 4. The Morgan fingerprint density at radius 1 is 0.680 bits per heavy atom. The standard InChI is InChI=1S/C20H28N2O2S/c1-19(2,3)15-11-13(7-9-17(15)21)25(23,24)14-8-10-18(22)16(12-14)20(4,5)6/h7-12H,21-22H2,1-6H3. The van der Waals surface area contributed by atoms with E-state index in [-0.39, 0.29) is 20.6 Å². The third-order valence-electron chi connectivity index (χ3n) is 4.29. The van der Waals surface area contributed by atoms with Gasteiger partial charge in [-0.25, -0.2) is 8.42 Å². The van der Waals surface area contributed by atoms with Gasteiger partial charge in [-0.1, -0.05) is 41.5 Å². The van der Waals surface area contributed by atoms with Gasteiger partial charge >= 0.3 is 0 Å². The number of anilines is 2. The number of hydrogen-bond donors (Lipinski definition) is 2. The zero-order valence-electron chi connectivity index (χ0n) is 15.8. The van der Waals surface area contributed by atoms with E-state index in [1.807, 2.05) is 41.5 Å². The molecule has 0 atom stereocenters. The summed E-state index contributed by atoms with van der Waals surface area (Å²) in [5.41, 5.74) is 14.4. The van der Waals surface area contributed by atoms with Crippen molar-refractivity contribution in [2.24, 2.45) is 0 Å². The Hall–Kier alpha value is -2.01. The third-order valence-corrected chi connectivity index (χ3v) is 6.04. The molecule has 4 N–H and O–H groups in total. The predicted octanol–water partition coefficient (Wildman–Crippen LogP) is 4.28. The molecule has 136 valence electrons. The van der Waals surface area contributed by atoms with Crippen molar-refractivity contribution in [1.29, 1.82) is 0 Å². The Labute approximate surface area is 151 Å². The first kappa shape index (κ1) is 19.3. The van der Waals surface area contributed by atoms with Gasteiger partial charge in [0.2, 0.25) is 9.84 Å². The van der Waals surface area contributed by atoms with Crippen molar-refractivity contribution in [3.05, 3.63) is 47.5 Å². The van der Waals surface area contributed by atoms with E-state index in [1.54, 1.807) is 36.4 Å². The van der Waals surface area contributed by atoms with Gasteiger partial charge in [0, 0.05) is 11.4 Å². The van der Waals surface area contributed by atoms with Crippen LogP contribution in [-0.2, 0) is 20.7 Å². The van der Waals surface area contributed by atoms with Crippen LogP contribution in [0.15, 0.2) is 46.2 Å². The largest absolute Gasteiger partial charge is 0.398 e. The normalized spacial score (nSPS) is 13.0. The van der Waals surface area contributed by atoms with Crippen molar-refractivity contribution in [3.63, 3.8) is 0 Å². The fourth-order valence-corrected chi connectivity index (χ4v) is 4.15. The quantitative estimate of drug-likeness (QED) is 0.783. The van der Waals surface area contributed by atoms with Gasteiger partial charge in [-0.2, -0.15) is 0 Å². The van der Waals surface area contributed by atoms with Crippen molar-refractivity contribution < 1.29 is 8.42 Å². The molecule has 0 bridgehead atoms. The molecule has 2 aromatic carbocycles. The first-order valence-electron chi connectivity index (χ1n) is 8.29. The van der Waals surface area contributed by atoms with Crippen LogP contribution in [-0.4, -0.2) is 8.42 Å². The van der Waals surface area contributed by atoms with Crippen LogP contribution < -0.4 is 11.5 Å². The van der Waals surface area contributed by atoms with Crippen LogP contribution in [0.1, 0.15) is 52.7 Å². The molecule has 0 saturated heterocycles. The Kier molecular flexibility index (Phi) is 4.68. The van der Waals surface area contributed by atoms with Crippen molar-refractivity contribution in [2.45, 2.75) is 62.2 Å². The highest BCUT2D eigenvalue weighted by Crippen LogP contribution is 2.34. The molecule has 0 aromatic heterocycles. The molecule has 0 fully saturated rings. The summed E-state index contributed by atoms with van der Waals surface area (Å²) >= 11 is 0. The van der Waals surface area contributed by atoms with Crippen LogP contribution >= 0.6 is 0 Å². The summed E-state index contributed by atoms with van der Waals surface area (Å²) in [7, 11) is -3.65. The van der Waals surface area contributed by atoms with Gasteiger partial charge in [-0.15, -0.1) is 0 Å². The monoisotopic (exact) mass is 360 g/mol. The number of nitrogen functional groups attached to an aromatic ring is 2. The van der Waals surface area contributed by atoms with E-state index in [0.29, 0.717) is 11.4 Å². The zero-order valence-corrected chi connectivity index (χ0v) is 16.7. The first-order chi connectivity index (χ1) is 11.2. The first-order valence-corrected chi connectivity index (χ1v) is 9.78. The molecule has 5 heteroatoms. The maximum atomic E-state index is 13.1. The van der Waals surface area contributed by atoms with Gasteiger partial charge in [-0.05, 0) is 58.4 Å². The SMILES string of the molecule is CC(C)(C)c1cc(S(=O)(=O)c2ccc(N)c(C(C)(C)C)c2)ccc1N. The lowest BCUT2D eigenvalue weighted by molar-refractivity contribution is 0.582. The average molecular weight is 361 g/mol. The number of sulfone groups is 1. The Morgan fingerprint density at radius 3 is 1.28 bits per heavy atom. The molecular weight excluding hydrogens is 332 g/mol. The third kappa shape index (κ3) is 3.82. The molecule has 0 heterocycles. The number of nitrogens with two attached hydrogens (primary N) is 2. The Balaban J connectivity index is 2.65. The minimum Gasteiger partial charge on any atom is -0.398 e. The fraction of sp³-hybridized carbons (Fsp3) is 0.400. The van der Waals surface area contributed by atoms with E-state index in [2.05, 4.69) is 0 Å². The van der Waals surface area contributed by atoms with E-state index in [1.165, 1.54) is 0 Å². The van der Waals surface area contributed by atoms with E-state index >= 15 is 0 Å². The van der Waals surface area contributed by atoms with Crippen LogP contribution in [0, 0.1) is 0 Å². The molecule has 0 unspecified atom stereocenters. The van der Waals surface area contributed by atoms with E-state index < -0.39 is 9.84 Å². The lowest BCUT2D eigenvalue weighted by Crippen LogP contribution is -2.16. The molecule has 0 amide bonds. The van der Waals surface area contributed by atoms with E-state index in [0.717, 1.165) is 11.1 Å². The van der Waals surface area contributed by atoms with Crippen molar-refractivity contribution >= 4 is 21.2 Å². The molecule has 0 aliphatic carbocycles. The second-order valence-corrected chi connectivity index (χ2v) is 10.5. The van der Waals surface area contributed by atoms with Crippen LogP contribution in [0.3, 0.4) is 0 Å². The lowest BCUT2D eigenvalue weighted by atomic mass is 9.86. The summed E-state index contributed by atoms with van der Waals surface area (Å²) in [6.07, 6.45) is 0. The highest BCUT2D eigenvalue weighted by molar-refractivity contribution is 7.91. The summed E-state index contributed by atoms with van der Waals surface area (Å²) in [5.74, 6) is 0. The molecule has 2 rings (SSSR count). The Morgan fingerprint density at radius 2 is 1.00 bits per heavy atom. The summed E-state index contributed by atoms with van der Waals surface area (Å²) in [6, 6.07) is 9.81. The van der Waals surface area contributed by atoms with Gasteiger partial charge < -0.3 is 11.5 Å².